The summed E-state index contributed by atoms with van der Waals surface area (Å²) in [7, 11) is 0. The lowest BCUT2D eigenvalue weighted by Crippen LogP contribution is -2.37. The van der Waals surface area contributed by atoms with Crippen molar-refractivity contribution in [2.24, 2.45) is 5.92 Å². The van der Waals surface area contributed by atoms with Crippen LogP contribution in [0.15, 0.2) is 22.7 Å². The molecule has 128 valence electrons. The summed E-state index contributed by atoms with van der Waals surface area (Å²) in [6, 6.07) is 6.12. The van der Waals surface area contributed by atoms with Crippen molar-refractivity contribution in [1.29, 1.82) is 0 Å². The highest BCUT2D eigenvalue weighted by Crippen LogP contribution is 2.26. The SMILES string of the molecule is CCOC(=O)C1CCN(CCCOc2ccc(C)cc2Br)CC1. The maximum Gasteiger partial charge on any atom is 0.309 e. The van der Waals surface area contributed by atoms with Crippen LogP contribution >= 0.6 is 15.9 Å². The number of likely N-dealkylation sites (tertiary alicyclic amines) is 1. The molecule has 0 aliphatic carbocycles. The lowest BCUT2D eigenvalue weighted by atomic mass is 9.97. The number of carbonyl (C=O) groups is 1. The summed E-state index contributed by atoms with van der Waals surface area (Å²) >= 11 is 3.53. The Bertz CT molecular complexity index is 513. The zero-order chi connectivity index (χ0) is 16.7. The monoisotopic (exact) mass is 383 g/mol. The molecule has 0 radical (unpaired) electrons. The number of piperidine rings is 1. The number of carbonyl (C=O) groups excluding carboxylic acids is 1. The van der Waals surface area contributed by atoms with E-state index >= 15 is 0 Å². The molecule has 0 spiro atoms. The lowest BCUT2D eigenvalue weighted by molar-refractivity contribution is -0.149. The van der Waals surface area contributed by atoms with Gasteiger partial charge < -0.3 is 14.4 Å². The average Bonchev–Trinajstić information content (AvgIpc) is 2.54. The van der Waals surface area contributed by atoms with E-state index in [4.69, 9.17) is 9.47 Å². The van der Waals surface area contributed by atoms with Crippen molar-refractivity contribution in [2.45, 2.75) is 33.1 Å². The Balaban J connectivity index is 1.63. The second kappa shape index (κ2) is 9.28. The van der Waals surface area contributed by atoms with E-state index in [1.807, 2.05) is 13.0 Å². The number of benzene rings is 1. The van der Waals surface area contributed by atoms with Crippen molar-refractivity contribution in [3.63, 3.8) is 0 Å². The van der Waals surface area contributed by atoms with Gasteiger partial charge in [0.05, 0.1) is 23.6 Å². The van der Waals surface area contributed by atoms with Gasteiger partial charge in [0.25, 0.3) is 0 Å². The van der Waals surface area contributed by atoms with Crippen molar-refractivity contribution in [3.8, 4) is 5.75 Å². The number of esters is 1. The van der Waals surface area contributed by atoms with Gasteiger partial charge in [0.1, 0.15) is 5.75 Å². The van der Waals surface area contributed by atoms with Crippen LogP contribution in [0.2, 0.25) is 0 Å². The molecule has 1 saturated heterocycles. The number of ether oxygens (including phenoxy) is 2. The van der Waals surface area contributed by atoms with E-state index in [1.54, 1.807) is 0 Å². The van der Waals surface area contributed by atoms with Crippen molar-refractivity contribution in [1.82, 2.24) is 4.90 Å². The molecule has 1 aliphatic rings. The largest absolute Gasteiger partial charge is 0.492 e. The molecule has 4 nitrogen and oxygen atoms in total. The van der Waals surface area contributed by atoms with Gasteiger partial charge in [-0.05, 0) is 79.8 Å². The zero-order valence-corrected chi connectivity index (χ0v) is 15.6. The fourth-order valence-electron chi connectivity index (χ4n) is 2.85. The van der Waals surface area contributed by atoms with Crippen LogP contribution in [0.25, 0.3) is 0 Å². The van der Waals surface area contributed by atoms with Crippen LogP contribution in [-0.2, 0) is 9.53 Å². The van der Waals surface area contributed by atoms with E-state index in [2.05, 4.69) is 39.9 Å². The Kier molecular flexibility index (Phi) is 7.37. The molecule has 0 N–H and O–H groups in total. The van der Waals surface area contributed by atoms with Crippen molar-refractivity contribution >= 4 is 21.9 Å². The van der Waals surface area contributed by atoms with E-state index in [-0.39, 0.29) is 11.9 Å². The first-order valence-corrected chi connectivity index (χ1v) is 9.17. The first-order chi connectivity index (χ1) is 11.1. The van der Waals surface area contributed by atoms with Gasteiger partial charge in [-0.3, -0.25) is 4.79 Å². The third-order valence-electron chi connectivity index (χ3n) is 4.17. The minimum absolute atomic E-state index is 0.0281. The first-order valence-electron chi connectivity index (χ1n) is 8.38. The molecule has 1 heterocycles. The molecular weight excluding hydrogens is 358 g/mol. The number of aryl methyl sites for hydroxylation is 1. The van der Waals surface area contributed by atoms with Gasteiger partial charge in [-0.15, -0.1) is 0 Å². The van der Waals surface area contributed by atoms with Crippen molar-refractivity contribution in [2.75, 3.05) is 32.8 Å². The number of halogens is 1. The molecule has 1 fully saturated rings. The van der Waals surface area contributed by atoms with Gasteiger partial charge in [0.15, 0.2) is 0 Å². The zero-order valence-electron chi connectivity index (χ0n) is 14.0. The quantitative estimate of drug-likeness (QED) is 0.530. The highest BCUT2D eigenvalue weighted by molar-refractivity contribution is 9.10. The Hall–Kier alpha value is -1.07. The highest BCUT2D eigenvalue weighted by atomic mass is 79.9. The minimum Gasteiger partial charge on any atom is -0.492 e. The van der Waals surface area contributed by atoms with E-state index < -0.39 is 0 Å². The molecular formula is C18H26BrNO3. The second-order valence-electron chi connectivity index (χ2n) is 6.00. The summed E-state index contributed by atoms with van der Waals surface area (Å²) in [5.41, 5.74) is 1.22. The second-order valence-corrected chi connectivity index (χ2v) is 6.86. The summed E-state index contributed by atoms with van der Waals surface area (Å²) in [5, 5.41) is 0. The first kappa shape index (κ1) is 18.3. The molecule has 1 aromatic carbocycles. The standard InChI is InChI=1S/C18H26BrNO3/c1-3-22-18(21)15-7-10-20(11-8-15)9-4-12-23-17-6-5-14(2)13-16(17)19/h5-6,13,15H,3-4,7-12H2,1-2H3. The maximum atomic E-state index is 11.7. The molecule has 1 aliphatic heterocycles. The van der Waals surface area contributed by atoms with Crippen LogP contribution in [-0.4, -0.2) is 43.7 Å². The number of rotatable bonds is 7. The number of hydrogen-bond acceptors (Lipinski definition) is 4. The van der Waals surface area contributed by atoms with Crippen LogP contribution in [0, 0.1) is 12.8 Å². The smallest absolute Gasteiger partial charge is 0.309 e. The van der Waals surface area contributed by atoms with E-state index in [0.29, 0.717) is 13.2 Å². The van der Waals surface area contributed by atoms with Gasteiger partial charge in [-0.1, -0.05) is 6.07 Å². The Labute approximate surface area is 147 Å². The Morgan fingerprint density at radius 3 is 2.74 bits per heavy atom. The third-order valence-corrected chi connectivity index (χ3v) is 4.79. The van der Waals surface area contributed by atoms with Gasteiger partial charge in [0.2, 0.25) is 0 Å². The van der Waals surface area contributed by atoms with Crippen LogP contribution in [0.1, 0.15) is 31.7 Å². The van der Waals surface area contributed by atoms with Crippen molar-refractivity contribution in [3.05, 3.63) is 28.2 Å². The molecule has 0 unspecified atom stereocenters. The fourth-order valence-corrected chi connectivity index (χ4v) is 3.45. The van der Waals surface area contributed by atoms with Gasteiger partial charge in [-0.2, -0.15) is 0 Å². The summed E-state index contributed by atoms with van der Waals surface area (Å²) in [6.07, 6.45) is 2.80. The Morgan fingerprint density at radius 1 is 1.35 bits per heavy atom. The molecule has 2 rings (SSSR count). The van der Waals surface area contributed by atoms with E-state index in [9.17, 15) is 4.79 Å². The number of hydrogen-bond donors (Lipinski definition) is 0. The fraction of sp³-hybridized carbons (Fsp3) is 0.611. The summed E-state index contributed by atoms with van der Waals surface area (Å²) in [5.74, 6) is 0.960. The molecule has 0 bridgehead atoms. The van der Waals surface area contributed by atoms with Crippen LogP contribution in [0.4, 0.5) is 0 Å². The van der Waals surface area contributed by atoms with Gasteiger partial charge in [-0.25, -0.2) is 0 Å². The topological polar surface area (TPSA) is 38.8 Å². The summed E-state index contributed by atoms with van der Waals surface area (Å²) in [6.45, 7) is 8.06. The van der Waals surface area contributed by atoms with E-state index in [0.717, 1.165) is 49.1 Å². The van der Waals surface area contributed by atoms with Crippen LogP contribution in [0.3, 0.4) is 0 Å². The average molecular weight is 384 g/mol. The summed E-state index contributed by atoms with van der Waals surface area (Å²) in [4.78, 5) is 14.1. The molecule has 0 aromatic heterocycles. The molecule has 1 aromatic rings. The molecule has 0 atom stereocenters. The summed E-state index contributed by atoms with van der Waals surface area (Å²) < 4.78 is 11.9. The lowest BCUT2D eigenvalue weighted by Gasteiger charge is -2.30. The normalized spacial score (nSPS) is 16.3. The molecule has 0 amide bonds. The van der Waals surface area contributed by atoms with E-state index in [1.165, 1.54) is 5.56 Å². The highest BCUT2D eigenvalue weighted by Gasteiger charge is 2.25. The van der Waals surface area contributed by atoms with Gasteiger partial charge >= 0.3 is 5.97 Å². The maximum absolute atomic E-state index is 11.7. The molecule has 23 heavy (non-hydrogen) atoms. The number of nitrogens with zero attached hydrogens (tertiary/aromatic N) is 1. The molecule has 5 heteroatoms. The van der Waals surface area contributed by atoms with Crippen LogP contribution in [0.5, 0.6) is 5.75 Å². The van der Waals surface area contributed by atoms with Crippen LogP contribution < -0.4 is 4.74 Å². The molecule has 0 saturated carbocycles. The predicted molar refractivity (Wildman–Crippen MR) is 94.8 cm³/mol. The third kappa shape index (κ3) is 5.81. The minimum atomic E-state index is -0.0281. The Morgan fingerprint density at radius 2 is 2.09 bits per heavy atom. The van der Waals surface area contributed by atoms with Crippen molar-refractivity contribution < 1.29 is 14.3 Å². The van der Waals surface area contributed by atoms with Gasteiger partial charge in [0, 0.05) is 6.54 Å². The predicted octanol–water partition coefficient (Wildman–Crippen LogP) is 3.80.